The van der Waals surface area contributed by atoms with E-state index >= 15 is 0 Å². The van der Waals surface area contributed by atoms with E-state index in [0.29, 0.717) is 0 Å². The van der Waals surface area contributed by atoms with E-state index in [1.807, 2.05) is 0 Å². The second-order valence-corrected chi connectivity index (χ2v) is 1.53. The molecule has 4 heteroatoms. The molecule has 10 heavy (non-hydrogen) atoms. The Morgan fingerprint density at radius 1 is 1.80 bits per heavy atom. The first-order valence-corrected chi connectivity index (χ1v) is 2.51. The van der Waals surface area contributed by atoms with Gasteiger partial charge in [-0.1, -0.05) is 0 Å². The number of carbonyl (C=O) groups excluding carboxylic acids is 1. The van der Waals surface area contributed by atoms with Gasteiger partial charge in [-0.15, -0.1) is 0 Å². The van der Waals surface area contributed by atoms with Crippen LogP contribution in [0.25, 0.3) is 0 Å². The largest absolute Gasteiger partial charge is 2.00 e. The monoisotopic (exact) mass is 152 g/mol. The van der Waals surface area contributed by atoms with Gasteiger partial charge in [-0.2, -0.15) is 0 Å². The first-order chi connectivity index (χ1) is 4.29. The van der Waals surface area contributed by atoms with Crippen LogP contribution in [0.5, 0.6) is 5.95 Å². The number of hydrogen-bond acceptors (Lipinski definition) is 3. The standard InChI is InChI=1S/C6H6O3.Mg.2H/c1-5(7)9-6-3-2-4-8-6;;;/h2-4H,1H3;;;/q;+2;2*-1. The van der Waals surface area contributed by atoms with Crippen LogP contribution in [-0.4, -0.2) is 29.0 Å². The number of ether oxygens (including phenoxy) is 1. The number of carbonyl (C=O) groups is 1. The molecule has 0 aliphatic heterocycles. The second kappa shape index (κ2) is 4.35. The van der Waals surface area contributed by atoms with E-state index in [0.717, 1.165) is 0 Å². The number of furan rings is 1. The summed E-state index contributed by atoms with van der Waals surface area (Å²) in [7, 11) is 0. The molecule has 0 aliphatic rings. The summed E-state index contributed by atoms with van der Waals surface area (Å²) in [5.41, 5.74) is 0. The zero-order chi connectivity index (χ0) is 6.69. The average molecular weight is 152 g/mol. The third-order valence-corrected chi connectivity index (χ3v) is 0.739. The summed E-state index contributed by atoms with van der Waals surface area (Å²) in [6.45, 7) is 1.32. The van der Waals surface area contributed by atoms with E-state index in [1.165, 1.54) is 13.2 Å². The van der Waals surface area contributed by atoms with Crippen LogP contribution in [0, 0.1) is 0 Å². The third-order valence-electron chi connectivity index (χ3n) is 0.739. The molecule has 0 unspecified atom stereocenters. The summed E-state index contributed by atoms with van der Waals surface area (Å²) in [5.74, 6) is -0.132. The van der Waals surface area contributed by atoms with Crippen LogP contribution in [0.1, 0.15) is 9.78 Å². The molecule has 0 saturated heterocycles. The van der Waals surface area contributed by atoms with Gasteiger partial charge in [-0.05, 0) is 6.07 Å². The van der Waals surface area contributed by atoms with Crippen LogP contribution in [0.15, 0.2) is 22.8 Å². The zero-order valence-corrected chi connectivity index (χ0v) is 7.08. The Morgan fingerprint density at radius 2 is 2.50 bits per heavy atom. The summed E-state index contributed by atoms with van der Waals surface area (Å²) in [4.78, 5) is 10.2. The van der Waals surface area contributed by atoms with Gasteiger partial charge in [-0.25, -0.2) is 0 Å². The summed E-state index contributed by atoms with van der Waals surface area (Å²) in [6, 6.07) is 3.22. The van der Waals surface area contributed by atoms with Crippen molar-refractivity contribution in [3.8, 4) is 5.95 Å². The van der Waals surface area contributed by atoms with Crippen molar-refractivity contribution < 1.29 is 16.8 Å². The minimum absolute atomic E-state index is 0. The molecule has 0 N–H and O–H groups in total. The number of hydrogen-bond donors (Lipinski definition) is 0. The second-order valence-electron chi connectivity index (χ2n) is 1.53. The zero-order valence-electron chi connectivity index (χ0n) is 7.66. The first kappa shape index (κ1) is 9.52. The molecule has 0 fully saturated rings. The van der Waals surface area contributed by atoms with E-state index in [1.54, 1.807) is 12.1 Å². The van der Waals surface area contributed by atoms with E-state index < -0.39 is 0 Å². The minimum atomic E-state index is -0.370. The van der Waals surface area contributed by atoms with Crippen molar-refractivity contribution in [2.45, 2.75) is 6.92 Å². The fourth-order valence-electron chi connectivity index (χ4n) is 0.463. The maximum atomic E-state index is 10.2. The normalized spacial score (nSPS) is 8.10. The van der Waals surface area contributed by atoms with E-state index in [2.05, 4.69) is 4.74 Å². The fourth-order valence-corrected chi connectivity index (χ4v) is 0.463. The fraction of sp³-hybridized carbons (Fsp3) is 0.167. The van der Waals surface area contributed by atoms with Crippen molar-refractivity contribution >= 4 is 29.0 Å². The van der Waals surface area contributed by atoms with Gasteiger partial charge in [0.15, 0.2) is 0 Å². The molecular weight excluding hydrogens is 144 g/mol. The quantitative estimate of drug-likeness (QED) is 0.446. The Morgan fingerprint density at radius 3 is 2.90 bits per heavy atom. The van der Waals surface area contributed by atoms with Crippen LogP contribution in [0.3, 0.4) is 0 Å². The maximum Gasteiger partial charge on any atom is 2.00 e. The third kappa shape index (κ3) is 2.89. The summed E-state index contributed by atoms with van der Waals surface area (Å²) < 4.78 is 9.25. The molecule has 0 aliphatic carbocycles. The van der Waals surface area contributed by atoms with Crippen molar-refractivity contribution in [1.82, 2.24) is 0 Å². The average Bonchev–Trinajstić information content (AvgIpc) is 2.15. The molecular formula is C6H8MgO3. The van der Waals surface area contributed by atoms with Crippen LogP contribution in [-0.2, 0) is 4.79 Å². The smallest absolute Gasteiger partial charge is 1.00 e. The summed E-state index contributed by atoms with van der Waals surface area (Å²) in [6.07, 6.45) is 1.44. The Hall–Kier alpha value is -0.484. The molecule has 1 heterocycles. The topological polar surface area (TPSA) is 39.4 Å². The molecule has 0 spiro atoms. The van der Waals surface area contributed by atoms with Crippen molar-refractivity contribution in [2.75, 3.05) is 0 Å². The van der Waals surface area contributed by atoms with Gasteiger partial charge in [0.05, 0.1) is 6.26 Å². The first-order valence-electron chi connectivity index (χ1n) is 2.51. The molecule has 1 rings (SSSR count). The van der Waals surface area contributed by atoms with Gasteiger partial charge in [0.1, 0.15) is 0 Å². The Kier molecular flexibility index (Phi) is 4.14. The molecule has 0 bridgehead atoms. The number of rotatable bonds is 1. The van der Waals surface area contributed by atoms with E-state index in [-0.39, 0.29) is 37.8 Å². The Labute approximate surface area is 77.5 Å². The molecule has 0 amide bonds. The van der Waals surface area contributed by atoms with Gasteiger partial charge in [0, 0.05) is 13.0 Å². The van der Waals surface area contributed by atoms with Crippen LogP contribution in [0.2, 0.25) is 0 Å². The van der Waals surface area contributed by atoms with Crippen LogP contribution < -0.4 is 4.74 Å². The minimum Gasteiger partial charge on any atom is -1.00 e. The molecule has 0 radical (unpaired) electrons. The SMILES string of the molecule is CC(=O)Oc1ccco1.[H-].[H-].[Mg+2]. The van der Waals surface area contributed by atoms with Gasteiger partial charge < -0.3 is 12.0 Å². The van der Waals surface area contributed by atoms with Gasteiger partial charge in [-0.3, -0.25) is 4.79 Å². The molecule has 0 saturated carbocycles. The Balaban J connectivity index is -0.000000270. The molecule has 52 valence electrons. The van der Waals surface area contributed by atoms with Crippen molar-refractivity contribution in [1.29, 1.82) is 0 Å². The molecule has 0 atom stereocenters. The molecule has 1 aromatic rings. The van der Waals surface area contributed by atoms with Crippen molar-refractivity contribution in [3.63, 3.8) is 0 Å². The summed E-state index contributed by atoms with van der Waals surface area (Å²) in [5, 5.41) is 0. The summed E-state index contributed by atoms with van der Waals surface area (Å²) >= 11 is 0. The molecule has 1 aromatic heterocycles. The van der Waals surface area contributed by atoms with Gasteiger partial charge >= 0.3 is 29.0 Å². The van der Waals surface area contributed by atoms with E-state index in [9.17, 15) is 4.79 Å². The van der Waals surface area contributed by atoms with Crippen LogP contribution >= 0.6 is 0 Å². The van der Waals surface area contributed by atoms with Crippen molar-refractivity contribution in [3.05, 3.63) is 18.4 Å². The maximum absolute atomic E-state index is 10.2. The Bertz CT molecular complexity index is 201. The number of esters is 1. The van der Waals surface area contributed by atoms with Gasteiger partial charge in [0.25, 0.3) is 5.95 Å². The predicted octanol–water partition coefficient (Wildman–Crippen LogP) is 1.05. The predicted molar refractivity (Wildman–Crippen MR) is 38.0 cm³/mol. The van der Waals surface area contributed by atoms with E-state index in [4.69, 9.17) is 4.42 Å². The molecule has 0 aromatic carbocycles. The van der Waals surface area contributed by atoms with Crippen LogP contribution in [0.4, 0.5) is 0 Å². The van der Waals surface area contributed by atoms with Gasteiger partial charge in [0.2, 0.25) is 0 Å². The van der Waals surface area contributed by atoms with Crippen molar-refractivity contribution in [2.24, 2.45) is 0 Å². The molecule has 3 nitrogen and oxygen atoms in total.